The zero-order chi connectivity index (χ0) is 18.6. The standard InChI is InChI=1S/C21H18N2O4/c1-25-17-6-4-5-14(9-17)20-11-16(23-27-20)13-26-21(24)10-15-12-22-19-8-3-2-7-18(15)19/h2-9,11-12,22H,10,13H2,1H3. The van der Waals surface area contributed by atoms with Crippen molar-refractivity contribution in [3.63, 3.8) is 0 Å². The van der Waals surface area contributed by atoms with Gasteiger partial charge in [-0.2, -0.15) is 0 Å². The number of hydrogen-bond donors (Lipinski definition) is 1. The summed E-state index contributed by atoms with van der Waals surface area (Å²) in [6.07, 6.45) is 2.04. The molecular formula is C21H18N2O4. The zero-order valence-electron chi connectivity index (χ0n) is 14.8. The minimum absolute atomic E-state index is 0.0641. The second kappa shape index (κ2) is 7.37. The third kappa shape index (κ3) is 3.69. The Kier molecular flexibility index (Phi) is 4.61. The van der Waals surface area contributed by atoms with E-state index in [-0.39, 0.29) is 19.0 Å². The number of benzene rings is 2. The molecular weight excluding hydrogens is 344 g/mol. The summed E-state index contributed by atoms with van der Waals surface area (Å²) in [4.78, 5) is 15.3. The third-order valence-corrected chi connectivity index (χ3v) is 4.30. The van der Waals surface area contributed by atoms with Crippen LogP contribution in [0.4, 0.5) is 0 Å². The van der Waals surface area contributed by atoms with Crippen molar-refractivity contribution in [1.29, 1.82) is 0 Å². The Labute approximate surface area is 155 Å². The van der Waals surface area contributed by atoms with Crippen molar-refractivity contribution in [2.45, 2.75) is 13.0 Å². The second-order valence-electron chi connectivity index (χ2n) is 6.11. The summed E-state index contributed by atoms with van der Waals surface area (Å²) in [6.45, 7) is 0.0641. The van der Waals surface area contributed by atoms with E-state index in [1.54, 1.807) is 13.2 Å². The Hall–Kier alpha value is -3.54. The molecule has 0 aliphatic carbocycles. The number of fused-ring (bicyclic) bond motifs is 1. The molecule has 2 aromatic heterocycles. The molecule has 0 spiro atoms. The number of nitrogens with zero attached hydrogens (tertiary/aromatic N) is 1. The minimum atomic E-state index is -0.314. The summed E-state index contributed by atoms with van der Waals surface area (Å²) in [5.41, 5.74) is 3.31. The normalized spacial score (nSPS) is 10.9. The van der Waals surface area contributed by atoms with Crippen molar-refractivity contribution in [3.05, 3.63) is 72.1 Å². The first-order valence-electron chi connectivity index (χ1n) is 8.53. The largest absolute Gasteiger partial charge is 0.497 e. The van der Waals surface area contributed by atoms with Gasteiger partial charge in [-0.1, -0.05) is 35.5 Å². The van der Waals surface area contributed by atoms with Crippen LogP contribution in [0.2, 0.25) is 0 Å². The molecule has 0 aliphatic heterocycles. The van der Waals surface area contributed by atoms with Crippen molar-refractivity contribution in [2.24, 2.45) is 0 Å². The predicted octanol–water partition coefficient (Wildman–Crippen LogP) is 4.12. The van der Waals surface area contributed by atoms with Crippen LogP contribution in [0, 0.1) is 0 Å². The van der Waals surface area contributed by atoms with E-state index in [4.69, 9.17) is 14.0 Å². The minimum Gasteiger partial charge on any atom is -0.497 e. The number of hydrogen-bond acceptors (Lipinski definition) is 5. The van der Waals surface area contributed by atoms with Gasteiger partial charge >= 0.3 is 5.97 Å². The molecule has 0 unspecified atom stereocenters. The summed E-state index contributed by atoms with van der Waals surface area (Å²) < 4.78 is 15.9. The first-order chi connectivity index (χ1) is 13.2. The maximum absolute atomic E-state index is 12.2. The van der Waals surface area contributed by atoms with Gasteiger partial charge in [-0.25, -0.2) is 0 Å². The Morgan fingerprint density at radius 2 is 2.04 bits per heavy atom. The molecule has 0 fully saturated rings. The number of aromatic nitrogens is 2. The number of methoxy groups -OCH3 is 1. The van der Waals surface area contributed by atoms with Crippen LogP contribution in [0.1, 0.15) is 11.3 Å². The van der Waals surface area contributed by atoms with E-state index < -0.39 is 0 Å². The van der Waals surface area contributed by atoms with Crippen LogP contribution in [-0.4, -0.2) is 23.2 Å². The fraction of sp³-hybridized carbons (Fsp3) is 0.143. The van der Waals surface area contributed by atoms with E-state index in [1.165, 1.54) is 0 Å². The lowest BCUT2D eigenvalue weighted by molar-refractivity contribution is -0.144. The number of rotatable bonds is 6. The molecule has 1 N–H and O–H groups in total. The molecule has 136 valence electrons. The van der Waals surface area contributed by atoms with Crippen molar-refractivity contribution >= 4 is 16.9 Å². The molecule has 0 radical (unpaired) electrons. The van der Waals surface area contributed by atoms with Crippen LogP contribution >= 0.6 is 0 Å². The van der Waals surface area contributed by atoms with Gasteiger partial charge < -0.3 is 19.0 Å². The highest BCUT2D eigenvalue weighted by Gasteiger charge is 2.12. The van der Waals surface area contributed by atoms with E-state index in [2.05, 4.69) is 10.1 Å². The molecule has 6 nitrogen and oxygen atoms in total. The lowest BCUT2D eigenvalue weighted by atomic mass is 10.1. The van der Waals surface area contributed by atoms with Gasteiger partial charge in [-0.15, -0.1) is 0 Å². The van der Waals surface area contributed by atoms with E-state index in [0.29, 0.717) is 11.5 Å². The molecule has 6 heteroatoms. The van der Waals surface area contributed by atoms with Gasteiger partial charge in [0.1, 0.15) is 18.1 Å². The maximum Gasteiger partial charge on any atom is 0.310 e. The number of ether oxygens (including phenoxy) is 2. The molecule has 0 saturated heterocycles. The Morgan fingerprint density at radius 1 is 1.15 bits per heavy atom. The van der Waals surface area contributed by atoms with E-state index >= 15 is 0 Å². The first kappa shape index (κ1) is 16.9. The highest BCUT2D eigenvalue weighted by Crippen LogP contribution is 2.25. The Balaban J connectivity index is 1.39. The summed E-state index contributed by atoms with van der Waals surface area (Å²) in [6, 6.07) is 17.1. The molecule has 0 amide bonds. The zero-order valence-corrected chi connectivity index (χ0v) is 14.8. The topological polar surface area (TPSA) is 77.4 Å². The van der Waals surface area contributed by atoms with Crippen molar-refractivity contribution in [1.82, 2.24) is 10.1 Å². The van der Waals surface area contributed by atoms with Crippen molar-refractivity contribution in [3.8, 4) is 17.1 Å². The van der Waals surface area contributed by atoms with E-state index in [0.717, 1.165) is 27.8 Å². The van der Waals surface area contributed by atoms with E-state index in [1.807, 2.05) is 54.7 Å². The molecule has 2 aromatic carbocycles. The van der Waals surface area contributed by atoms with Gasteiger partial charge in [-0.3, -0.25) is 4.79 Å². The summed E-state index contributed by atoms with van der Waals surface area (Å²) in [5, 5.41) is 4.99. The molecule has 4 aromatic rings. The fourth-order valence-electron chi connectivity index (χ4n) is 2.93. The summed E-state index contributed by atoms with van der Waals surface area (Å²) in [5.74, 6) is 1.01. The van der Waals surface area contributed by atoms with Crippen LogP contribution in [0.15, 0.2) is 65.3 Å². The van der Waals surface area contributed by atoms with Crippen LogP contribution in [-0.2, 0) is 22.6 Å². The highest BCUT2D eigenvalue weighted by molar-refractivity contribution is 5.87. The molecule has 4 rings (SSSR count). The van der Waals surface area contributed by atoms with Gasteiger partial charge in [0.15, 0.2) is 5.76 Å². The lowest BCUT2D eigenvalue weighted by Gasteiger charge is -2.02. The SMILES string of the molecule is COc1cccc(-c2cc(COC(=O)Cc3c[nH]c4ccccc34)no2)c1. The van der Waals surface area contributed by atoms with E-state index in [9.17, 15) is 4.79 Å². The first-order valence-corrected chi connectivity index (χ1v) is 8.53. The predicted molar refractivity (Wildman–Crippen MR) is 100 cm³/mol. The van der Waals surface area contributed by atoms with Crippen LogP contribution in [0.5, 0.6) is 5.75 Å². The van der Waals surface area contributed by atoms with Crippen molar-refractivity contribution < 1.29 is 18.8 Å². The summed E-state index contributed by atoms with van der Waals surface area (Å²) >= 11 is 0. The molecule has 0 bridgehead atoms. The maximum atomic E-state index is 12.2. The van der Waals surface area contributed by atoms with Gasteiger partial charge in [0, 0.05) is 28.7 Å². The molecule has 0 saturated carbocycles. The van der Waals surface area contributed by atoms with Crippen molar-refractivity contribution in [2.75, 3.05) is 7.11 Å². The number of aromatic amines is 1. The van der Waals surface area contributed by atoms with Gasteiger partial charge in [-0.05, 0) is 23.8 Å². The van der Waals surface area contributed by atoms with Gasteiger partial charge in [0.25, 0.3) is 0 Å². The number of para-hydroxylation sites is 1. The molecule has 0 atom stereocenters. The Bertz CT molecular complexity index is 1080. The summed E-state index contributed by atoms with van der Waals surface area (Å²) in [7, 11) is 1.61. The number of H-pyrrole nitrogens is 1. The Morgan fingerprint density at radius 3 is 2.93 bits per heavy atom. The smallest absolute Gasteiger partial charge is 0.310 e. The third-order valence-electron chi connectivity index (χ3n) is 4.30. The second-order valence-corrected chi connectivity index (χ2v) is 6.11. The highest BCUT2D eigenvalue weighted by atomic mass is 16.5. The van der Waals surface area contributed by atoms with Gasteiger partial charge in [0.2, 0.25) is 0 Å². The average Bonchev–Trinajstić information content (AvgIpc) is 3.34. The number of nitrogens with one attached hydrogen (secondary N) is 1. The monoisotopic (exact) mass is 362 g/mol. The molecule has 0 aliphatic rings. The quantitative estimate of drug-likeness (QED) is 0.522. The lowest BCUT2D eigenvalue weighted by Crippen LogP contribution is -2.07. The van der Waals surface area contributed by atoms with Crippen LogP contribution < -0.4 is 4.74 Å². The molecule has 27 heavy (non-hydrogen) atoms. The van der Waals surface area contributed by atoms with Gasteiger partial charge in [0.05, 0.1) is 13.5 Å². The average molecular weight is 362 g/mol. The van der Waals surface area contributed by atoms with Crippen LogP contribution in [0.3, 0.4) is 0 Å². The van der Waals surface area contributed by atoms with Crippen LogP contribution in [0.25, 0.3) is 22.2 Å². The fourth-order valence-corrected chi connectivity index (χ4v) is 2.93. The number of esters is 1. The number of carbonyl (C=O) groups excluding carboxylic acids is 1. The number of carbonyl (C=O) groups is 1. The molecule has 2 heterocycles.